The minimum Gasteiger partial charge on any atom is -0.368 e. The molecule has 0 aliphatic carbocycles. The number of rotatable bonds is 8. The first-order valence-corrected chi connectivity index (χ1v) is 8.20. The summed E-state index contributed by atoms with van der Waals surface area (Å²) in [5.41, 5.74) is 12.4. The van der Waals surface area contributed by atoms with Crippen LogP contribution in [0.25, 0.3) is 0 Å². The summed E-state index contributed by atoms with van der Waals surface area (Å²) in [7, 11) is 0. The van der Waals surface area contributed by atoms with E-state index in [-0.39, 0.29) is 23.4 Å². The molecule has 0 radical (unpaired) electrons. The Kier molecular flexibility index (Phi) is 6.05. The largest absolute Gasteiger partial charge is 0.368 e. The quantitative estimate of drug-likeness (QED) is 0.557. The standard InChI is InChI=1S/C17H23N7O2/c1-9(2)7-12(14(18)25)21-17-22-16(13(15(19)26)23-24-17)20-11-6-4-5-10(3)8-11/h4-6,8-9,12H,7H2,1-3H3,(H2,18,25)(H2,19,26)(H2,20,21,22,24)/t12-/m1/s1. The number of primary amides is 2. The third-order valence-electron chi connectivity index (χ3n) is 3.55. The topological polar surface area (TPSA) is 149 Å². The molecule has 2 rings (SSSR count). The van der Waals surface area contributed by atoms with Gasteiger partial charge in [0.25, 0.3) is 5.91 Å². The lowest BCUT2D eigenvalue weighted by Crippen LogP contribution is -2.37. The fourth-order valence-corrected chi connectivity index (χ4v) is 2.37. The summed E-state index contributed by atoms with van der Waals surface area (Å²) < 4.78 is 0. The second-order valence-corrected chi connectivity index (χ2v) is 6.42. The highest BCUT2D eigenvalue weighted by Gasteiger charge is 2.20. The number of aromatic nitrogens is 3. The lowest BCUT2D eigenvalue weighted by atomic mass is 10.0. The van der Waals surface area contributed by atoms with E-state index in [0.717, 1.165) is 5.56 Å². The molecule has 138 valence electrons. The van der Waals surface area contributed by atoms with Gasteiger partial charge in [0.1, 0.15) is 6.04 Å². The molecular weight excluding hydrogens is 334 g/mol. The molecule has 0 bridgehead atoms. The van der Waals surface area contributed by atoms with Crippen molar-refractivity contribution in [2.45, 2.75) is 33.2 Å². The molecule has 1 aromatic carbocycles. The van der Waals surface area contributed by atoms with Gasteiger partial charge in [0.2, 0.25) is 11.9 Å². The van der Waals surface area contributed by atoms with Crippen LogP contribution >= 0.6 is 0 Å². The van der Waals surface area contributed by atoms with Crippen LogP contribution in [0, 0.1) is 12.8 Å². The van der Waals surface area contributed by atoms with Crippen LogP contribution in [0.3, 0.4) is 0 Å². The Morgan fingerprint density at radius 3 is 2.50 bits per heavy atom. The zero-order chi connectivity index (χ0) is 19.3. The molecule has 9 heteroatoms. The van der Waals surface area contributed by atoms with E-state index in [4.69, 9.17) is 11.5 Å². The Hall–Kier alpha value is -3.23. The van der Waals surface area contributed by atoms with Crippen LogP contribution in [0.1, 0.15) is 36.3 Å². The first-order valence-electron chi connectivity index (χ1n) is 8.20. The maximum Gasteiger partial charge on any atom is 0.273 e. The van der Waals surface area contributed by atoms with E-state index in [2.05, 4.69) is 25.8 Å². The maximum absolute atomic E-state index is 11.6. The molecule has 1 heterocycles. The number of anilines is 3. The van der Waals surface area contributed by atoms with Gasteiger partial charge >= 0.3 is 0 Å². The van der Waals surface area contributed by atoms with E-state index in [9.17, 15) is 9.59 Å². The molecule has 2 aromatic rings. The molecule has 9 nitrogen and oxygen atoms in total. The minimum absolute atomic E-state index is 0.0783. The Morgan fingerprint density at radius 2 is 1.92 bits per heavy atom. The van der Waals surface area contributed by atoms with Gasteiger partial charge in [-0.05, 0) is 37.0 Å². The molecular formula is C17H23N7O2. The average molecular weight is 357 g/mol. The molecule has 0 unspecified atom stereocenters. The molecule has 0 fully saturated rings. The van der Waals surface area contributed by atoms with Crippen LogP contribution in [-0.4, -0.2) is 33.0 Å². The number of aryl methyl sites for hydroxylation is 1. The Bertz CT molecular complexity index is 807. The van der Waals surface area contributed by atoms with E-state index in [0.29, 0.717) is 12.1 Å². The van der Waals surface area contributed by atoms with Gasteiger partial charge in [-0.3, -0.25) is 9.59 Å². The number of hydrogen-bond donors (Lipinski definition) is 4. The van der Waals surface area contributed by atoms with Gasteiger partial charge in [-0.2, -0.15) is 4.98 Å². The Balaban J connectivity index is 2.32. The van der Waals surface area contributed by atoms with Gasteiger partial charge in [-0.25, -0.2) is 0 Å². The van der Waals surface area contributed by atoms with Gasteiger partial charge < -0.3 is 22.1 Å². The van der Waals surface area contributed by atoms with Crippen molar-refractivity contribution in [3.63, 3.8) is 0 Å². The fraction of sp³-hybridized carbons (Fsp3) is 0.353. The van der Waals surface area contributed by atoms with Crippen molar-refractivity contribution in [2.75, 3.05) is 10.6 Å². The molecule has 0 aliphatic rings. The van der Waals surface area contributed by atoms with Gasteiger partial charge in [0.15, 0.2) is 11.5 Å². The Labute approximate surface area is 151 Å². The van der Waals surface area contributed by atoms with Crippen molar-refractivity contribution in [2.24, 2.45) is 17.4 Å². The average Bonchev–Trinajstić information content (AvgIpc) is 2.53. The zero-order valence-corrected chi connectivity index (χ0v) is 15.0. The second-order valence-electron chi connectivity index (χ2n) is 6.42. The van der Waals surface area contributed by atoms with Crippen molar-refractivity contribution < 1.29 is 9.59 Å². The highest BCUT2D eigenvalue weighted by Crippen LogP contribution is 2.19. The van der Waals surface area contributed by atoms with E-state index < -0.39 is 17.9 Å². The minimum atomic E-state index is -0.764. The second kappa shape index (κ2) is 8.24. The SMILES string of the molecule is Cc1cccc(Nc2nc(N[C@H](CC(C)C)C(N)=O)nnc2C(N)=O)c1. The number of nitrogens with zero attached hydrogens (tertiary/aromatic N) is 3. The lowest BCUT2D eigenvalue weighted by Gasteiger charge is -2.17. The molecule has 0 saturated heterocycles. The van der Waals surface area contributed by atoms with Crippen LogP contribution < -0.4 is 22.1 Å². The first kappa shape index (κ1) is 19.1. The van der Waals surface area contributed by atoms with Crippen LogP contribution in [0.5, 0.6) is 0 Å². The molecule has 1 atom stereocenters. The highest BCUT2D eigenvalue weighted by molar-refractivity contribution is 5.96. The summed E-state index contributed by atoms with van der Waals surface area (Å²) in [4.78, 5) is 27.5. The molecule has 6 N–H and O–H groups in total. The summed E-state index contributed by atoms with van der Waals surface area (Å²) in [6.07, 6.45) is 0.511. The van der Waals surface area contributed by atoms with Gasteiger partial charge in [0, 0.05) is 5.69 Å². The summed E-state index contributed by atoms with van der Waals surface area (Å²) in [5, 5.41) is 13.5. The van der Waals surface area contributed by atoms with Crippen molar-refractivity contribution in [1.82, 2.24) is 15.2 Å². The van der Waals surface area contributed by atoms with Crippen molar-refractivity contribution in [3.8, 4) is 0 Å². The van der Waals surface area contributed by atoms with E-state index >= 15 is 0 Å². The van der Waals surface area contributed by atoms with E-state index in [1.807, 2.05) is 45.0 Å². The summed E-state index contributed by atoms with van der Waals surface area (Å²) in [6, 6.07) is 6.85. The summed E-state index contributed by atoms with van der Waals surface area (Å²) >= 11 is 0. The zero-order valence-electron chi connectivity index (χ0n) is 15.0. The van der Waals surface area contributed by atoms with Crippen molar-refractivity contribution in [3.05, 3.63) is 35.5 Å². The molecule has 0 saturated carbocycles. The predicted molar refractivity (Wildman–Crippen MR) is 98.9 cm³/mol. The molecule has 0 aliphatic heterocycles. The van der Waals surface area contributed by atoms with Gasteiger partial charge in [-0.15, -0.1) is 10.2 Å². The van der Waals surface area contributed by atoms with Crippen LogP contribution in [0.4, 0.5) is 17.5 Å². The number of carbonyl (C=O) groups excluding carboxylic acids is 2. The molecule has 2 amide bonds. The van der Waals surface area contributed by atoms with E-state index in [1.165, 1.54) is 0 Å². The number of nitrogens with two attached hydrogens (primary N) is 2. The Morgan fingerprint density at radius 1 is 1.19 bits per heavy atom. The maximum atomic E-state index is 11.6. The smallest absolute Gasteiger partial charge is 0.273 e. The molecule has 1 aromatic heterocycles. The highest BCUT2D eigenvalue weighted by atomic mass is 16.1. The van der Waals surface area contributed by atoms with E-state index in [1.54, 1.807) is 0 Å². The molecule has 26 heavy (non-hydrogen) atoms. The molecule has 0 spiro atoms. The van der Waals surface area contributed by atoms with Crippen molar-refractivity contribution in [1.29, 1.82) is 0 Å². The number of hydrogen-bond acceptors (Lipinski definition) is 7. The van der Waals surface area contributed by atoms with Crippen LogP contribution in [-0.2, 0) is 4.79 Å². The fourth-order valence-electron chi connectivity index (χ4n) is 2.37. The third-order valence-corrected chi connectivity index (χ3v) is 3.55. The normalized spacial score (nSPS) is 11.8. The van der Waals surface area contributed by atoms with Crippen molar-refractivity contribution >= 4 is 29.3 Å². The van der Waals surface area contributed by atoms with Crippen LogP contribution in [0.2, 0.25) is 0 Å². The number of benzene rings is 1. The first-order chi connectivity index (χ1) is 12.3. The number of carbonyl (C=O) groups is 2. The van der Waals surface area contributed by atoms with Crippen LogP contribution in [0.15, 0.2) is 24.3 Å². The summed E-state index contributed by atoms with van der Waals surface area (Å²) in [5.74, 6) is -0.819. The monoisotopic (exact) mass is 357 g/mol. The van der Waals surface area contributed by atoms with Gasteiger partial charge in [0.05, 0.1) is 0 Å². The predicted octanol–water partition coefficient (Wildman–Crippen LogP) is 1.33. The lowest BCUT2D eigenvalue weighted by molar-refractivity contribution is -0.119. The number of nitrogens with one attached hydrogen (secondary N) is 2. The van der Waals surface area contributed by atoms with Gasteiger partial charge in [-0.1, -0.05) is 26.0 Å². The number of amides is 2. The third kappa shape index (κ3) is 5.13. The summed E-state index contributed by atoms with van der Waals surface area (Å²) in [6.45, 7) is 5.88.